The van der Waals surface area contributed by atoms with Crippen LogP contribution in [0.5, 0.6) is 5.75 Å². The van der Waals surface area contributed by atoms with Crippen molar-refractivity contribution in [1.82, 2.24) is 0 Å². The molecule has 21 heavy (non-hydrogen) atoms. The van der Waals surface area contributed by atoms with Gasteiger partial charge in [-0.2, -0.15) is 8.42 Å². The Morgan fingerprint density at radius 2 is 1.71 bits per heavy atom. The molecule has 0 heterocycles. The summed E-state index contributed by atoms with van der Waals surface area (Å²) in [6.45, 7) is 1.96. The summed E-state index contributed by atoms with van der Waals surface area (Å²) in [6.07, 6.45) is 0.768. The number of benzene rings is 2. The van der Waals surface area contributed by atoms with E-state index in [1.807, 2.05) is 6.92 Å². The molecular formula is C14H14N2O4S. The average Bonchev–Trinajstić information content (AvgIpc) is 2.46. The first-order chi connectivity index (χ1) is 9.91. The van der Waals surface area contributed by atoms with E-state index in [2.05, 4.69) is 10.2 Å². The molecule has 0 aliphatic carbocycles. The maximum absolute atomic E-state index is 11.2. The summed E-state index contributed by atoms with van der Waals surface area (Å²) < 4.78 is 31.6. The molecule has 2 N–H and O–H groups in total. The molecular weight excluding hydrogens is 292 g/mol. The molecule has 0 saturated carbocycles. The molecule has 7 heteroatoms. The van der Waals surface area contributed by atoms with E-state index in [9.17, 15) is 13.5 Å². The van der Waals surface area contributed by atoms with Crippen molar-refractivity contribution < 1.29 is 18.1 Å². The molecule has 0 aromatic heterocycles. The lowest BCUT2D eigenvalue weighted by Crippen LogP contribution is -1.97. The standard InChI is InChI=1S/C14H14N2O4S/c1-2-10-7-8-13(17)12(9-10)16-15-11-5-3-4-6-14(11)21(18,19)20/h3-9,17H,2H2,1H3,(H,18,19,20)/b16-15+. The monoisotopic (exact) mass is 306 g/mol. The summed E-state index contributed by atoms with van der Waals surface area (Å²) in [4.78, 5) is -0.333. The number of phenolic OH excluding ortho intramolecular Hbond substituents is 1. The summed E-state index contributed by atoms with van der Waals surface area (Å²) in [7, 11) is -4.38. The molecule has 0 saturated heterocycles. The summed E-state index contributed by atoms with van der Waals surface area (Å²) in [5, 5.41) is 17.4. The Kier molecular flexibility index (Phi) is 4.35. The maximum atomic E-state index is 11.2. The van der Waals surface area contributed by atoms with Crippen LogP contribution in [0.1, 0.15) is 12.5 Å². The smallest absolute Gasteiger partial charge is 0.296 e. The van der Waals surface area contributed by atoms with Crippen LogP contribution < -0.4 is 0 Å². The van der Waals surface area contributed by atoms with E-state index in [0.29, 0.717) is 0 Å². The van der Waals surface area contributed by atoms with Gasteiger partial charge in [0.1, 0.15) is 22.0 Å². The van der Waals surface area contributed by atoms with E-state index < -0.39 is 10.1 Å². The Bertz CT molecular complexity index is 785. The Balaban J connectivity index is 2.43. The maximum Gasteiger partial charge on any atom is 0.296 e. The van der Waals surface area contributed by atoms with Gasteiger partial charge in [-0.15, -0.1) is 10.2 Å². The molecule has 0 atom stereocenters. The molecule has 0 bridgehead atoms. The number of azo groups is 1. The highest BCUT2D eigenvalue weighted by Gasteiger charge is 2.14. The van der Waals surface area contributed by atoms with Crippen LogP contribution in [0.3, 0.4) is 0 Å². The summed E-state index contributed by atoms with van der Waals surface area (Å²) in [5.41, 5.74) is 1.20. The number of phenols is 1. The molecule has 0 radical (unpaired) electrons. The minimum Gasteiger partial charge on any atom is -0.506 e. The fourth-order valence-corrected chi connectivity index (χ4v) is 2.36. The average molecular weight is 306 g/mol. The molecule has 2 rings (SSSR count). The highest BCUT2D eigenvalue weighted by molar-refractivity contribution is 7.86. The van der Waals surface area contributed by atoms with Gasteiger partial charge in [-0.1, -0.05) is 25.1 Å². The number of hydrogen-bond donors (Lipinski definition) is 2. The van der Waals surface area contributed by atoms with Crippen LogP contribution in [0, 0.1) is 0 Å². The van der Waals surface area contributed by atoms with Gasteiger partial charge in [0.05, 0.1) is 0 Å². The summed E-state index contributed by atoms with van der Waals surface area (Å²) >= 11 is 0. The van der Waals surface area contributed by atoms with E-state index in [0.717, 1.165) is 12.0 Å². The third kappa shape index (κ3) is 3.65. The van der Waals surface area contributed by atoms with Gasteiger partial charge in [-0.3, -0.25) is 4.55 Å². The van der Waals surface area contributed by atoms with Gasteiger partial charge in [0, 0.05) is 0 Å². The van der Waals surface area contributed by atoms with Crippen molar-refractivity contribution in [2.75, 3.05) is 0 Å². The number of aromatic hydroxyl groups is 1. The predicted molar refractivity (Wildman–Crippen MR) is 77.9 cm³/mol. The lowest BCUT2D eigenvalue weighted by Gasteiger charge is -2.02. The van der Waals surface area contributed by atoms with Crippen molar-refractivity contribution in [3.8, 4) is 5.75 Å². The van der Waals surface area contributed by atoms with Crippen molar-refractivity contribution in [3.05, 3.63) is 48.0 Å². The van der Waals surface area contributed by atoms with Crippen LogP contribution in [0.25, 0.3) is 0 Å². The van der Waals surface area contributed by atoms with Crippen molar-refractivity contribution in [2.45, 2.75) is 18.2 Å². The molecule has 0 aliphatic heterocycles. The lowest BCUT2D eigenvalue weighted by atomic mass is 10.1. The van der Waals surface area contributed by atoms with Crippen LogP contribution in [0.4, 0.5) is 11.4 Å². The zero-order valence-electron chi connectivity index (χ0n) is 11.3. The first-order valence-electron chi connectivity index (χ1n) is 6.22. The Morgan fingerprint density at radius 3 is 2.38 bits per heavy atom. The number of hydrogen-bond acceptors (Lipinski definition) is 5. The lowest BCUT2D eigenvalue weighted by molar-refractivity contribution is 0.476. The van der Waals surface area contributed by atoms with Gasteiger partial charge in [-0.25, -0.2) is 0 Å². The van der Waals surface area contributed by atoms with Gasteiger partial charge in [-0.05, 0) is 36.2 Å². The van der Waals surface area contributed by atoms with Gasteiger partial charge >= 0.3 is 0 Å². The van der Waals surface area contributed by atoms with Gasteiger partial charge in [0.15, 0.2) is 0 Å². The molecule has 0 unspecified atom stereocenters. The van der Waals surface area contributed by atoms with E-state index in [1.54, 1.807) is 18.2 Å². The van der Waals surface area contributed by atoms with E-state index in [-0.39, 0.29) is 22.0 Å². The number of aryl methyl sites for hydroxylation is 1. The van der Waals surface area contributed by atoms with E-state index >= 15 is 0 Å². The molecule has 2 aromatic carbocycles. The van der Waals surface area contributed by atoms with Crippen molar-refractivity contribution >= 4 is 21.5 Å². The Labute approximate surface area is 122 Å². The molecule has 0 fully saturated rings. The molecule has 110 valence electrons. The first kappa shape index (κ1) is 15.1. The second-order valence-electron chi connectivity index (χ2n) is 4.32. The predicted octanol–water partition coefficient (Wildman–Crippen LogP) is 3.62. The second-order valence-corrected chi connectivity index (χ2v) is 5.71. The van der Waals surface area contributed by atoms with Crippen LogP contribution in [-0.2, 0) is 16.5 Å². The van der Waals surface area contributed by atoms with Gasteiger partial charge in [0.2, 0.25) is 0 Å². The molecule has 6 nitrogen and oxygen atoms in total. The largest absolute Gasteiger partial charge is 0.506 e. The van der Waals surface area contributed by atoms with Crippen LogP contribution in [0.15, 0.2) is 57.6 Å². The fourth-order valence-electron chi connectivity index (χ4n) is 1.73. The normalized spacial score (nSPS) is 11.9. The first-order valence-corrected chi connectivity index (χ1v) is 7.66. The van der Waals surface area contributed by atoms with Gasteiger partial charge in [0.25, 0.3) is 10.1 Å². The molecule has 2 aromatic rings. The molecule has 0 aliphatic rings. The van der Waals surface area contributed by atoms with E-state index in [1.165, 1.54) is 24.3 Å². The van der Waals surface area contributed by atoms with Crippen molar-refractivity contribution in [1.29, 1.82) is 0 Å². The van der Waals surface area contributed by atoms with Crippen LogP contribution >= 0.6 is 0 Å². The zero-order valence-corrected chi connectivity index (χ0v) is 12.1. The van der Waals surface area contributed by atoms with Gasteiger partial charge < -0.3 is 5.11 Å². The van der Waals surface area contributed by atoms with Crippen molar-refractivity contribution in [3.63, 3.8) is 0 Å². The highest BCUT2D eigenvalue weighted by atomic mass is 32.2. The summed E-state index contributed by atoms with van der Waals surface area (Å²) in [6, 6.07) is 10.6. The topological polar surface area (TPSA) is 99.3 Å². The molecule has 0 spiro atoms. The minimum absolute atomic E-state index is 0.00121. The minimum atomic E-state index is -4.38. The third-order valence-electron chi connectivity index (χ3n) is 2.86. The third-order valence-corrected chi connectivity index (χ3v) is 3.76. The number of rotatable bonds is 4. The van der Waals surface area contributed by atoms with Crippen molar-refractivity contribution in [2.24, 2.45) is 10.2 Å². The number of nitrogens with zero attached hydrogens (tertiary/aromatic N) is 2. The highest BCUT2D eigenvalue weighted by Crippen LogP contribution is 2.31. The van der Waals surface area contributed by atoms with Crippen LogP contribution in [0.2, 0.25) is 0 Å². The van der Waals surface area contributed by atoms with Crippen LogP contribution in [-0.4, -0.2) is 18.1 Å². The molecule has 0 amide bonds. The zero-order chi connectivity index (χ0) is 15.5. The van der Waals surface area contributed by atoms with E-state index in [4.69, 9.17) is 4.55 Å². The summed E-state index contributed by atoms with van der Waals surface area (Å²) in [5.74, 6) is -0.0553. The quantitative estimate of drug-likeness (QED) is 0.665. The second kappa shape index (κ2) is 6.02. The Morgan fingerprint density at radius 1 is 1.05 bits per heavy atom. The Hall–Kier alpha value is -2.25. The fraction of sp³-hybridized carbons (Fsp3) is 0.143. The SMILES string of the molecule is CCc1ccc(O)c(/N=N/c2ccccc2S(=O)(=O)O)c1.